The summed E-state index contributed by atoms with van der Waals surface area (Å²) in [6.45, 7) is 1.98. The zero-order valence-corrected chi connectivity index (χ0v) is 22.0. The Labute approximate surface area is 222 Å². The number of methoxy groups -OCH3 is 2. The van der Waals surface area contributed by atoms with Crippen molar-refractivity contribution in [3.8, 4) is 17.2 Å². The highest BCUT2D eigenvalue weighted by atomic mass is 35.5. The summed E-state index contributed by atoms with van der Waals surface area (Å²) in [4.78, 5) is 17.3. The van der Waals surface area contributed by atoms with Crippen molar-refractivity contribution >= 4 is 28.5 Å². The van der Waals surface area contributed by atoms with Gasteiger partial charge in [-0.05, 0) is 66.9 Å². The minimum absolute atomic E-state index is 0.0277. The second-order valence-electron chi connectivity index (χ2n) is 8.64. The Morgan fingerprint density at radius 2 is 1.76 bits per heavy atom. The van der Waals surface area contributed by atoms with Crippen LogP contribution in [0, 0.1) is 0 Å². The van der Waals surface area contributed by atoms with Crippen LogP contribution in [-0.4, -0.2) is 42.8 Å². The van der Waals surface area contributed by atoms with E-state index in [-0.39, 0.29) is 12.3 Å². The molecule has 1 heterocycles. The highest BCUT2D eigenvalue weighted by molar-refractivity contribution is 6.30. The van der Waals surface area contributed by atoms with E-state index >= 15 is 0 Å². The summed E-state index contributed by atoms with van der Waals surface area (Å²) in [6.07, 6.45) is 2.69. The van der Waals surface area contributed by atoms with Gasteiger partial charge in [-0.3, -0.25) is 4.79 Å². The number of imidazole rings is 1. The lowest BCUT2D eigenvalue weighted by atomic mass is 10.1. The minimum atomic E-state index is -0.0277. The van der Waals surface area contributed by atoms with Crippen LogP contribution in [0.2, 0.25) is 5.02 Å². The number of carbonyl (C=O) groups is 1. The van der Waals surface area contributed by atoms with Crippen LogP contribution in [0.1, 0.15) is 24.2 Å². The van der Waals surface area contributed by atoms with Gasteiger partial charge in [-0.2, -0.15) is 0 Å². The monoisotopic (exact) mass is 521 g/mol. The lowest BCUT2D eigenvalue weighted by Crippen LogP contribution is -2.26. The van der Waals surface area contributed by atoms with Crippen molar-refractivity contribution in [1.82, 2.24) is 14.9 Å². The number of amides is 1. The van der Waals surface area contributed by atoms with Crippen LogP contribution in [0.4, 0.5) is 0 Å². The third-order valence-corrected chi connectivity index (χ3v) is 6.31. The number of fused-ring (bicyclic) bond motifs is 1. The highest BCUT2D eigenvalue weighted by Crippen LogP contribution is 2.27. The molecule has 0 aliphatic heterocycles. The zero-order chi connectivity index (χ0) is 26.0. The van der Waals surface area contributed by atoms with Gasteiger partial charge in [-0.25, -0.2) is 4.98 Å². The zero-order valence-electron chi connectivity index (χ0n) is 21.2. The van der Waals surface area contributed by atoms with E-state index in [9.17, 15) is 4.79 Å². The second-order valence-corrected chi connectivity index (χ2v) is 9.08. The Morgan fingerprint density at radius 3 is 2.54 bits per heavy atom. The Hall–Kier alpha value is -3.71. The van der Waals surface area contributed by atoms with Gasteiger partial charge in [0.05, 0.1) is 38.3 Å². The predicted molar refractivity (Wildman–Crippen MR) is 146 cm³/mol. The van der Waals surface area contributed by atoms with Gasteiger partial charge < -0.3 is 24.1 Å². The molecule has 7 nitrogen and oxygen atoms in total. The average Bonchev–Trinajstić information content (AvgIpc) is 3.27. The molecule has 3 aromatic carbocycles. The van der Waals surface area contributed by atoms with Gasteiger partial charge in [0.2, 0.25) is 5.91 Å². The molecule has 0 spiro atoms. The van der Waals surface area contributed by atoms with E-state index in [4.69, 9.17) is 30.8 Å². The molecule has 37 heavy (non-hydrogen) atoms. The number of carbonyl (C=O) groups excluding carboxylic acids is 1. The van der Waals surface area contributed by atoms with Crippen LogP contribution in [0.15, 0.2) is 66.7 Å². The molecule has 0 aliphatic carbocycles. The SMILES string of the molecule is COc1ccc(CC(=O)NCCCc2nc3ccccc3n2CCCOc2ccc(Cl)cc2)cc1OC. The highest BCUT2D eigenvalue weighted by Gasteiger charge is 2.12. The van der Waals surface area contributed by atoms with Crippen LogP contribution in [0.25, 0.3) is 11.0 Å². The van der Waals surface area contributed by atoms with Crippen molar-refractivity contribution in [1.29, 1.82) is 0 Å². The van der Waals surface area contributed by atoms with E-state index < -0.39 is 0 Å². The molecule has 0 bridgehead atoms. The molecular weight excluding hydrogens is 490 g/mol. The van der Waals surface area contributed by atoms with Crippen molar-refractivity contribution in [2.75, 3.05) is 27.4 Å². The Morgan fingerprint density at radius 1 is 0.973 bits per heavy atom. The maximum absolute atomic E-state index is 12.5. The first-order chi connectivity index (χ1) is 18.1. The van der Waals surface area contributed by atoms with Gasteiger partial charge in [-0.15, -0.1) is 0 Å². The van der Waals surface area contributed by atoms with Crippen molar-refractivity contribution < 1.29 is 19.0 Å². The minimum Gasteiger partial charge on any atom is -0.494 e. The summed E-state index contributed by atoms with van der Waals surface area (Å²) in [5, 5.41) is 3.71. The topological polar surface area (TPSA) is 74.6 Å². The second kappa shape index (κ2) is 13.0. The van der Waals surface area contributed by atoms with E-state index in [1.54, 1.807) is 14.2 Å². The van der Waals surface area contributed by atoms with Gasteiger partial charge in [-0.1, -0.05) is 29.8 Å². The molecule has 0 aliphatic rings. The maximum Gasteiger partial charge on any atom is 0.224 e. The predicted octanol–water partition coefficient (Wildman–Crippen LogP) is 5.47. The number of hydrogen-bond acceptors (Lipinski definition) is 5. The van der Waals surface area contributed by atoms with Gasteiger partial charge in [0, 0.05) is 24.5 Å². The number of hydrogen-bond donors (Lipinski definition) is 1. The molecule has 1 N–H and O–H groups in total. The first-order valence-electron chi connectivity index (χ1n) is 12.4. The van der Waals surface area contributed by atoms with E-state index in [0.29, 0.717) is 29.7 Å². The largest absolute Gasteiger partial charge is 0.494 e. The molecule has 4 rings (SSSR count). The van der Waals surface area contributed by atoms with Crippen LogP contribution >= 0.6 is 11.6 Å². The average molecular weight is 522 g/mol. The fourth-order valence-electron chi connectivity index (χ4n) is 4.22. The summed E-state index contributed by atoms with van der Waals surface area (Å²) in [6, 6.07) is 21.1. The summed E-state index contributed by atoms with van der Waals surface area (Å²) in [5.74, 6) is 3.06. The Kier molecular flexibility index (Phi) is 9.27. The number of para-hydroxylation sites is 2. The number of halogens is 1. The first kappa shape index (κ1) is 26.4. The van der Waals surface area contributed by atoms with Gasteiger partial charge in [0.1, 0.15) is 11.6 Å². The van der Waals surface area contributed by atoms with E-state index in [0.717, 1.165) is 54.0 Å². The quantitative estimate of drug-likeness (QED) is 0.236. The maximum atomic E-state index is 12.5. The van der Waals surface area contributed by atoms with E-state index in [1.807, 2.05) is 60.7 Å². The van der Waals surface area contributed by atoms with E-state index in [2.05, 4.69) is 16.0 Å². The molecule has 0 radical (unpaired) electrons. The number of ether oxygens (including phenoxy) is 3. The van der Waals surface area contributed by atoms with Crippen molar-refractivity contribution in [2.24, 2.45) is 0 Å². The van der Waals surface area contributed by atoms with E-state index in [1.165, 1.54) is 0 Å². The third-order valence-electron chi connectivity index (χ3n) is 6.05. The Balaban J connectivity index is 1.28. The summed E-state index contributed by atoms with van der Waals surface area (Å²) in [7, 11) is 3.18. The molecule has 1 amide bonds. The standard InChI is InChI=1S/C29H32ClN3O4/c1-35-26-15-10-21(19-27(26)36-2)20-29(34)31-16-5-9-28-32-24-7-3-4-8-25(24)33(28)17-6-18-37-23-13-11-22(30)12-14-23/h3-4,7-8,10-15,19H,5-6,9,16-18,20H2,1-2H3,(H,31,34). The van der Waals surface area contributed by atoms with Crippen molar-refractivity contribution in [3.63, 3.8) is 0 Å². The first-order valence-corrected chi connectivity index (χ1v) is 12.8. The van der Waals surface area contributed by atoms with Crippen LogP contribution in [0.5, 0.6) is 17.2 Å². The molecule has 0 saturated carbocycles. The molecule has 0 unspecified atom stereocenters. The van der Waals surface area contributed by atoms with Crippen molar-refractivity contribution in [3.05, 3.63) is 83.1 Å². The van der Waals surface area contributed by atoms with Gasteiger partial charge in [0.25, 0.3) is 0 Å². The molecule has 0 atom stereocenters. The normalized spacial score (nSPS) is 10.9. The molecule has 0 fully saturated rings. The fraction of sp³-hybridized carbons (Fsp3) is 0.310. The number of aryl methyl sites for hydroxylation is 2. The number of benzene rings is 3. The number of aromatic nitrogens is 2. The smallest absolute Gasteiger partial charge is 0.224 e. The lowest BCUT2D eigenvalue weighted by molar-refractivity contribution is -0.120. The molecular formula is C29H32ClN3O4. The Bertz CT molecular complexity index is 1320. The van der Waals surface area contributed by atoms with Crippen LogP contribution < -0.4 is 19.5 Å². The van der Waals surface area contributed by atoms with Gasteiger partial charge >= 0.3 is 0 Å². The van der Waals surface area contributed by atoms with Crippen LogP contribution in [0.3, 0.4) is 0 Å². The molecule has 1 aromatic heterocycles. The lowest BCUT2D eigenvalue weighted by Gasteiger charge is -2.11. The molecule has 194 valence electrons. The number of rotatable bonds is 13. The number of nitrogens with one attached hydrogen (secondary N) is 1. The van der Waals surface area contributed by atoms with Gasteiger partial charge in [0.15, 0.2) is 11.5 Å². The summed E-state index contributed by atoms with van der Waals surface area (Å²) < 4.78 is 18.7. The summed E-state index contributed by atoms with van der Waals surface area (Å²) >= 11 is 5.94. The molecule has 4 aromatic rings. The molecule has 0 saturated heterocycles. The third kappa shape index (κ3) is 7.17. The number of nitrogens with zero attached hydrogens (tertiary/aromatic N) is 2. The fourth-order valence-corrected chi connectivity index (χ4v) is 4.35. The van der Waals surface area contributed by atoms with Crippen LogP contribution in [-0.2, 0) is 24.2 Å². The van der Waals surface area contributed by atoms with Crippen molar-refractivity contribution in [2.45, 2.75) is 32.2 Å². The summed E-state index contributed by atoms with van der Waals surface area (Å²) in [5.41, 5.74) is 2.97. The molecule has 8 heteroatoms.